The highest BCUT2D eigenvalue weighted by Gasteiger charge is 2.28. The monoisotopic (exact) mass is 482 g/mol. The van der Waals surface area contributed by atoms with Gasteiger partial charge in [0.1, 0.15) is 5.75 Å². The van der Waals surface area contributed by atoms with Gasteiger partial charge in [-0.25, -0.2) is 0 Å². The Balaban J connectivity index is 1.15. The highest BCUT2D eigenvalue weighted by Crippen LogP contribution is 2.29. The molecule has 1 fully saturated rings. The molecule has 0 bridgehead atoms. The zero-order valence-electron chi connectivity index (χ0n) is 21.0. The first-order valence-electron chi connectivity index (χ1n) is 13.0. The summed E-state index contributed by atoms with van der Waals surface area (Å²) in [7, 11) is 0. The van der Waals surface area contributed by atoms with Gasteiger partial charge in [0, 0.05) is 37.3 Å². The van der Waals surface area contributed by atoms with Gasteiger partial charge in [-0.1, -0.05) is 66.2 Å². The summed E-state index contributed by atoms with van der Waals surface area (Å²) in [5.41, 5.74) is 5.29. The molecule has 0 atom stereocenters. The van der Waals surface area contributed by atoms with Crippen LogP contribution in [-0.2, 0) is 24.2 Å². The molecule has 0 N–H and O–H groups in total. The maximum atomic E-state index is 13.2. The molecule has 2 aliphatic rings. The molecule has 5 nitrogen and oxygen atoms in total. The lowest BCUT2D eigenvalue weighted by molar-refractivity contribution is -0.134. The summed E-state index contributed by atoms with van der Waals surface area (Å²) in [6, 6.07) is 24.4. The Hall–Kier alpha value is -3.60. The molecule has 2 amide bonds. The van der Waals surface area contributed by atoms with Gasteiger partial charge in [-0.15, -0.1) is 0 Å². The first kappa shape index (κ1) is 24.1. The van der Waals surface area contributed by atoms with Crippen LogP contribution in [-0.4, -0.2) is 47.9 Å². The van der Waals surface area contributed by atoms with Crippen molar-refractivity contribution in [1.29, 1.82) is 0 Å². The van der Waals surface area contributed by atoms with Crippen LogP contribution in [0.3, 0.4) is 0 Å². The van der Waals surface area contributed by atoms with Crippen molar-refractivity contribution in [2.75, 3.05) is 26.2 Å². The van der Waals surface area contributed by atoms with E-state index in [2.05, 4.69) is 49.4 Å². The molecule has 36 heavy (non-hydrogen) atoms. The predicted molar refractivity (Wildman–Crippen MR) is 141 cm³/mol. The van der Waals surface area contributed by atoms with E-state index in [1.165, 1.54) is 11.1 Å². The van der Waals surface area contributed by atoms with Gasteiger partial charge in [0.05, 0.1) is 0 Å². The molecule has 0 radical (unpaired) electrons. The summed E-state index contributed by atoms with van der Waals surface area (Å²) < 4.78 is 6.00. The van der Waals surface area contributed by atoms with Crippen molar-refractivity contribution in [2.45, 2.75) is 39.2 Å². The number of likely N-dealkylation sites (tertiary alicyclic amines) is 1. The molecule has 0 unspecified atom stereocenters. The fourth-order valence-corrected chi connectivity index (χ4v) is 5.42. The van der Waals surface area contributed by atoms with E-state index in [9.17, 15) is 9.59 Å². The van der Waals surface area contributed by atoms with Crippen LogP contribution in [0.25, 0.3) is 0 Å². The van der Waals surface area contributed by atoms with Crippen LogP contribution in [0.5, 0.6) is 5.75 Å². The molecule has 1 saturated heterocycles. The quantitative estimate of drug-likeness (QED) is 0.473. The van der Waals surface area contributed by atoms with E-state index < -0.39 is 0 Å². The van der Waals surface area contributed by atoms with Crippen molar-refractivity contribution >= 4 is 11.8 Å². The van der Waals surface area contributed by atoms with Crippen molar-refractivity contribution < 1.29 is 14.3 Å². The predicted octanol–water partition coefficient (Wildman–Crippen LogP) is 5.05. The summed E-state index contributed by atoms with van der Waals surface area (Å²) in [5.74, 6) is 1.32. The Bertz CT molecular complexity index is 1220. The summed E-state index contributed by atoms with van der Waals surface area (Å²) in [6.45, 7) is 4.88. The van der Waals surface area contributed by atoms with Crippen molar-refractivity contribution in [2.24, 2.45) is 5.92 Å². The summed E-state index contributed by atoms with van der Waals surface area (Å²) in [4.78, 5) is 29.9. The smallest absolute Gasteiger partial charge is 0.260 e. The van der Waals surface area contributed by atoms with E-state index in [4.69, 9.17) is 4.74 Å². The average Bonchev–Trinajstić information content (AvgIpc) is 2.90. The molecular formula is C31H34N2O3. The van der Waals surface area contributed by atoms with E-state index in [0.717, 1.165) is 49.9 Å². The van der Waals surface area contributed by atoms with Gasteiger partial charge >= 0.3 is 0 Å². The normalized spacial score (nSPS) is 16.1. The fraction of sp³-hybridized carbons (Fsp3) is 0.355. The maximum absolute atomic E-state index is 13.2. The molecule has 0 aliphatic carbocycles. The van der Waals surface area contributed by atoms with Crippen LogP contribution < -0.4 is 4.74 Å². The lowest BCUT2D eigenvalue weighted by Gasteiger charge is -2.32. The number of carbonyl (C=O) groups is 2. The third-order valence-corrected chi connectivity index (χ3v) is 7.42. The molecule has 3 aromatic rings. The Kier molecular flexibility index (Phi) is 7.36. The van der Waals surface area contributed by atoms with Gasteiger partial charge in [0.2, 0.25) is 0 Å². The number of benzene rings is 3. The van der Waals surface area contributed by atoms with E-state index in [1.807, 2.05) is 40.1 Å². The van der Waals surface area contributed by atoms with Crippen LogP contribution in [0.15, 0.2) is 72.8 Å². The molecule has 5 heteroatoms. The summed E-state index contributed by atoms with van der Waals surface area (Å²) in [6.07, 6.45) is 3.84. The third-order valence-electron chi connectivity index (χ3n) is 7.42. The zero-order chi connectivity index (χ0) is 24.9. The van der Waals surface area contributed by atoms with E-state index in [1.54, 1.807) is 0 Å². The average molecular weight is 483 g/mol. The number of fused-ring (bicyclic) bond motifs is 1. The minimum atomic E-state index is 0.0149. The van der Waals surface area contributed by atoms with Crippen LogP contribution >= 0.6 is 0 Å². The number of carbonyl (C=O) groups excluding carboxylic acids is 2. The molecule has 2 heterocycles. The first-order valence-corrected chi connectivity index (χ1v) is 13.0. The topological polar surface area (TPSA) is 49.9 Å². The second-order valence-electron chi connectivity index (χ2n) is 10.1. The second kappa shape index (κ2) is 11.0. The minimum Gasteiger partial charge on any atom is -0.483 e. The largest absolute Gasteiger partial charge is 0.483 e. The van der Waals surface area contributed by atoms with Crippen LogP contribution in [0.2, 0.25) is 0 Å². The van der Waals surface area contributed by atoms with Crippen molar-refractivity contribution in [3.8, 4) is 5.75 Å². The SMILES string of the molecule is Cc1cccc(CN2CCc3c(OCC(=O)N4CCC(Cc5ccccc5)CC4)cccc3C2=O)c1. The number of nitrogens with zero attached hydrogens (tertiary/aromatic N) is 2. The fourth-order valence-electron chi connectivity index (χ4n) is 5.42. The lowest BCUT2D eigenvalue weighted by atomic mass is 9.90. The van der Waals surface area contributed by atoms with E-state index >= 15 is 0 Å². The molecule has 0 saturated carbocycles. The van der Waals surface area contributed by atoms with Crippen molar-refractivity contribution in [3.05, 3.63) is 101 Å². The van der Waals surface area contributed by atoms with Gasteiger partial charge < -0.3 is 14.5 Å². The standard InChI is InChI=1S/C31H34N2O3/c1-23-7-5-10-26(19-23)21-33-18-15-27-28(31(33)35)11-6-12-29(27)36-22-30(34)32-16-13-25(14-17-32)20-24-8-3-2-4-9-24/h2-12,19,25H,13-18,20-22H2,1H3. The van der Waals surface area contributed by atoms with Crippen LogP contribution in [0, 0.1) is 12.8 Å². The van der Waals surface area contributed by atoms with Gasteiger partial charge in [0.15, 0.2) is 6.61 Å². The van der Waals surface area contributed by atoms with Gasteiger partial charge in [-0.05, 0) is 61.8 Å². The molecule has 0 aromatic heterocycles. The minimum absolute atomic E-state index is 0.0149. The first-order chi connectivity index (χ1) is 17.6. The number of piperidine rings is 1. The van der Waals surface area contributed by atoms with Gasteiger partial charge in [0.25, 0.3) is 11.8 Å². The van der Waals surface area contributed by atoms with Crippen molar-refractivity contribution in [3.63, 3.8) is 0 Å². The molecule has 186 valence electrons. The molecule has 0 spiro atoms. The van der Waals surface area contributed by atoms with Crippen molar-refractivity contribution in [1.82, 2.24) is 9.80 Å². The highest BCUT2D eigenvalue weighted by molar-refractivity contribution is 5.97. The third kappa shape index (κ3) is 5.62. The Labute approximate surface area is 213 Å². The lowest BCUT2D eigenvalue weighted by Crippen LogP contribution is -2.41. The Morgan fingerprint density at radius 1 is 0.917 bits per heavy atom. The Morgan fingerprint density at radius 3 is 2.44 bits per heavy atom. The molecule has 2 aliphatic heterocycles. The number of rotatable bonds is 7. The zero-order valence-corrected chi connectivity index (χ0v) is 21.0. The summed E-state index contributed by atoms with van der Waals surface area (Å²) in [5, 5.41) is 0. The van der Waals surface area contributed by atoms with E-state index in [0.29, 0.717) is 30.3 Å². The summed E-state index contributed by atoms with van der Waals surface area (Å²) >= 11 is 0. The number of ether oxygens (including phenoxy) is 1. The second-order valence-corrected chi connectivity index (χ2v) is 10.1. The Morgan fingerprint density at radius 2 is 1.67 bits per heavy atom. The molecular weight excluding hydrogens is 448 g/mol. The van der Waals surface area contributed by atoms with Crippen LogP contribution in [0.1, 0.15) is 45.5 Å². The van der Waals surface area contributed by atoms with Gasteiger partial charge in [-0.3, -0.25) is 9.59 Å². The van der Waals surface area contributed by atoms with Gasteiger partial charge in [-0.2, -0.15) is 0 Å². The number of hydrogen-bond acceptors (Lipinski definition) is 3. The van der Waals surface area contributed by atoms with E-state index in [-0.39, 0.29) is 18.4 Å². The molecule has 3 aromatic carbocycles. The number of hydrogen-bond donors (Lipinski definition) is 0. The molecule has 5 rings (SSSR count). The number of aryl methyl sites for hydroxylation is 1. The maximum Gasteiger partial charge on any atom is 0.260 e. The number of amides is 2. The van der Waals surface area contributed by atoms with Crippen LogP contribution in [0.4, 0.5) is 0 Å². The highest BCUT2D eigenvalue weighted by atomic mass is 16.5.